The van der Waals surface area contributed by atoms with Crippen LogP contribution in [0.2, 0.25) is 5.02 Å². The van der Waals surface area contributed by atoms with Crippen molar-refractivity contribution in [2.75, 3.05) is 5.73 Å². The van der Waals surface area contributed by atoms with Gasteiger partial charge in [0.1, 0.15) is 0 Å². The molecule has 0 aliphatic rings. The molecular formula is C13H12ClN3O. The van der Waals surface area contributed by atoms with Crippen molar-refractivity contribution in [2.24, 2.45) is 0 Å². The molecule has 0 spiro atoms. The summed E-state index contributed by atoms with van der Waals surface area (Å²) in [6.07, 6.45) is 3.36. The number of nitrogen functional groups attached to an aromatic ring is 1. The molecule has 0 saturated carbocycles. The lowest BCUT2D eigenvalue weighted by atomic mass is 10.2. The molecule has 1 aromatic heterocycles. The Morgan fingerprint density at radius 1 is 1.28 bits per heavy atom. The van der Waals surface area contributed by atoms with Crippen LogP contribution in [0, 0.1) is 0 Å². The summed E-state index contributed by atoms with van der Waals surface area (Å²) >= 11 is 5.79. The van der Waals surface area contributed by atoms with Crippen molar-refractivity contribution in [1.82, 2.24) is 10.3 Å². The van der Waals surface area contributed by atoms with Gasteiger partial charge in [-0.05, 0) is 35.9 Å². The topological polar surface area (TPSA) is 68.0 Å². The van der Waals surface area contributed by atoms with Crippen molar-refractivity contribution in [3.05, 3.63) is 58.9 Å². The first-order valence-corrected chi connectivity index (χ1v) is 5.77. The first-order valence-electron chi connectivity index (χ1n) is 5.39. The second-order valence-electron chi connectivity index (χ2n) is 3.77. The van der Waals surface area contributed by atoms with Crippen LogP contribution in [0.1, 0.15) is 15.9 Å². The normalized spacial score (nSPS) is 10.1. The van der Waals surface area contributed by atoms with Crippen molar-refractivity contribution < 1.29 is 4.79 Å². The maximum atomic E-state index is 11.9. The van der Waals surface area contributed by atoms with E-state index in [1.54, 1.807) is 30.6 Å². The molecule has 0 unspecified atom stereocenters. The number of carbonyl (C=O) groups is 1. The van der Waals surface area contributed by atoms with Crippen molar-refractivity contribution in [3.63, 3.8) is 0 Å². The molecule has 0 radical (unpaired) electrons. The minimum atomic E-state index is -0.185. The van der Waals surface area contributed by atoms with Gasteiger partial charge in [-0.3, -0.25) is 9.78 Å². The molecule has 0 aliphatic carbocycles. The first kappa shape index (κ1) is 12.4. The van der Waals surface area contributed by atoms with Gasteiger partial charge in [0.15, 0.2) is 0 Å². The van der Waals surface area contributed by atoms with Gasteiger partial charge in [0.25, 0.3) is 5.91 Å². The quantitative estimate of drug-likeness (QED) is 0.833. The highest BCUT2D eigenvalue weighted by Gasteiger charge is 2.07. The molecule has 0 fully saturated rings. The number of pyridine rings is 1. The molecule has 0 atom stereocenters. The molecule has 18 heavy (non-hydrogen) atoms. The highest BCUT2D eigenvalue weighted by atomic mass is 35.5. The fourth-order valence-corrected chi connectivity index (χ4v) is 1.59. The first-order chi connectivity index (χ1) is 8.66. The number of carbonyl (C=O) groups excluding carboxylic acids is 1. The van der Waals surface area contributed by atoms with E-state index < -0.39 is 0 Å². The lowest BCUT2D eigenvalue weighted by Crippen LogP contribution is -2.22. The summed E-state index contributed by atoms with van der Waals surface area (Å²) in [6.45, 7) is 0.448. The van der Waals surface area contributed by atoms with Crippen molar-refractivity contribution >= 4 is 23.2 Å². The average molecular weight is 262 g/mol. The molecule has 0 aliphatic heterocycles. The molecular weight excluding hydrogens is 250 g/mol. The molecule has 2 rings (SSSR count). The number of anilines is 1. The van der Waals surface area contributed by atoms with E-state index in [4.69, 9.17) is 17.3 Å². The van der Waals surface area contributed by atoms with Gasteiger partial charge in [-0.25, -0.2) is 0 Å². The Morgan fingerprint density at radius 3 is 2.67 bits per heavy atom. The van der Waals surface area contributed by atoms with Crippen molar-refractivity contribution in [1.29, 1.82) is 0 Å². The zero-order chi connectivity index (χ0) is 13.0. The Hall–Kier alpha value is -2.07. The van der Waals surface area contributed by atoms with E-state index in [1.165, 1.54) is 0 Å². The van der Waals surface area contributed by atoms with Crippen LogP contribution in [-0.2, 0) is 6.54 Å². The number of nitrogens with two attached hydrogens (primary N) is 1. The Morgan fingerprint density at radius 2 is 2.00 bits per heavy atom. The van der Waals surface area contributed by atoms with Crippen LogP contribution in [-0.4, -0.2) is 10.9 Å². The SMILES string of the molecule is Nc1cc(C(=O)NCc2ccncc2)ccc1Cl. The number of benzene rings is 1. The van der Waals surface area contributed by atoms with Crippen LogP contribution in [0.5, 0.6) is 0 Å². The van der Waals surface area contributed by atoms with Crippen LogP contribution in [0.25, 0.3) is 0 Å². The Balaban J connectivity index is 2.02. The number of halogens is 1. The molecule has 1 heterocycles. The molecule has 2 aromatic rings. The van der Waals surface area contributed by atoms with E-state index in [0.29, 0.717) is 22.8 Å². The maximum absolute atomic E-state index is 11.9. The Bertz CT molecular complexity index is 557. The standard InChI is InChI=1S/C13H12ClN3O/c14-11-2-1-10(7-12(11)15)13(18)17-8-9-3-5-16-6-4-9/h1-7H,8,15H2,(H,17,18). The molecule has 1 amide bonds. The lowest BCUT2D eigenvalue weighted by Gasteiger charge is -2.06. The predicted molar refractivity (Wildman–Crippen MR) is 71.3 cm³/mol. The smallest absolute Gasteiger partial charge is 0.251 e. The van der Waals surface area contributed by atoms with Crippen LogP contribution < -0.4 is 11.1 Å². The van der Waals surface area contributed by atoms with Gasteiger partial charge in [0.2, 0.25) is 0 Å². The predicted octanol–water partition coefficient (Wildman–Crippen LogP) is 2.25. The third kappa shape index (κ3) is 2.99. The summed E-state index contributed by atoms with van der Waals surface area (Å²) in [6, 6.07) is 8.50. The lowest BCUT2D eigenvalue weighted by molar-refractivity contribution is 0.0951. The molecule has 0 bridgehead atoms. The number of nitrogens with one attached hydrogen (secondary N) is 1. The van der Waals surface area contributed by atoms with Crippen molar-refractivity contribution in [3.8, 4) is 0 Å². The van der Waals surface area contributed by atoms with Gasteiger partial charge < -0.3 is 11.1 Å². The van der Waals surface area contributed by atoms with E-state index in [2.05, 4.69) is 10.3 Å². The van der Waals surface area contributed by atoms with Gasteiger partial charge in [0, 0.05) is 24.5 Å². The summed E-state index contributed by atoms with van der Waals surface area (Å²) in [7, 11) is 0. The van der Waals surface area contributed by atoms with Crippen molar-refractivity contribution in [2.45, 2.75) is 6.54 Å². The monoisotopic (exact) mass is 261 g/mol. The van der Waals surface area contributed by atoms with E-state index in [0.717, 1.165) is 5.56 Å². The van der Waals surface area contributed by atoms with Gasteiger partial charge in [-0.2, -0.15) is 0 Å². The third-order valence-corrected chi connectivity index (χ3v) is 2.80. The van der Waals surface area contributed by atoms with Gasteiger partial charge >= 0.3 is 0 Å². The molecule has 4 nitrogen and oxygen atoms in total. The number of rotatable bonds is 3. The Labute approximate surface area is 110 Å². The summed E-state index contributed by atoms with van der Waals surface area (Å²) in [4.78, 5) is 15.8. The molecule has 5 heteroatoms. The highest BCUT2D eigenvalue weighted by Crippen LogP contribution is 2.19. The summed E-state index contributed by atoms with van der Waals surface area (Å²) in [5.74, 6) is -0.185. The molecule has 92 valence electrons. The number of hydrogen-bond donors (Lipinski definition) is 2. The largest absolute Gasteiger partial charge is 0.398 e. The average Bonchev–Trinajstić information content (AvgIpc) is 2.40. The zero-order valence-corrected chi connectivity index (χ0v) is 10.3. The van der Waals surface area contributed by atoms with Crippen LogP contribution in [0.4, 0.5) is 5.69 Å². The number of aromatic nitrogens is 1. The zero-order valence-electron chi connectivity index (χ0n) is 9.56. The number of nitrogens with zero attached hydrogens (tertiary/aromatic N) is 1. The summed E-state index contributed by atoms with van der Waals surface area (Å²) < 4.78 is 0. The molecule has 0 saturated heterocycles. The molecule has 1 aromatic carbocycles. The van der Waals surface area contributed by atoms with Gasteiger partial charge in [-0.1, -0.05) is 11.6 Å². The minimum absolute atomic E-state index is 0.185. The summed E-state index contributed by atoms with van der Waals surface area (Å²) in [5, 5.41) is 3.24. The van der Waals surface area contributed by atoms with Crippen LogP contribution in [0.3, 0.4) is 0 Å². The third-order valence-electron chi connectivity index (χ3n) is 2.46. The highest BCUT2D eigenvalue weighted by molar-refractivity contribution is 6.33. The van der Waals surface area contributed by atoms with E-state index in [1.807, 2.05) is 12.1 Å². The second kappa shape index (κ2) is 5.51. The minimum Gasteiger partial charge on any atom is -0.398 e. The van der Waals surface area contributed by atoms with E-state index in [9.17, 15) is 4.79 Å². The fraction of sp³-hybridized carbons (Fsp3) is 0.0769. The Kier molecular flexibility index (Phi) is 3.79. The maximum Gasteiger partial charge on any atom is 0.251 e. The van der Waals surface area contributed by atoms with E-state index in [-0.39, 0.29) is 5.91 Å². The fourth-order valence-electron chi connectivity index (χ4n) is 1.47. The number of hydrogen-bond acceptors (Lipinski definition) is 3. The van der Waals surface area contributed by atoms with Crippen LogP contribution in [0.15, 0.2) is 42.7 Å². The van der Waals surface area contributed by atoms with Gasteiger partial charge in [-0.15, -0.1) is 0 Å². The second-order valence-corrected chi connectivity index (χ2v) is 4.18. The van der Waals surface area contributed by atoms with Crippen LogP contribution >= 0.6 is 11.6 Å². The van der Waals surface area contributed by atoms with E-state index >= 15 is 0 Å². The molecule has 3 N–H and O–H groups in total. The number of amides is 1. The summed E-state index contributed by atoms with van der Waals surface area (Å²) in [5.41, 5.74) is 7.52. The van der Waals surface area contributed by atoms with Gasteiger partial charge in [0.05, 0.1) is 10.7 Å².